The minimum atomic E-state index is -4.67. The van der Waals surface area contributed by atoms with Crippen molar-refractivity contribution in [1.82, 2.24) is 15.5 Å². The molecule has 0 saturated heterocycles. The summed E-state index contributed by atoms with van der Waals surface area (Å²) in [5.41, 5.74) is 0.493. The van der Waals surface area contributed by atoms with Gasteiger partial charge in [-0.15, -0.1) is 0 Å². The largest absolute Gasteiger partial charge is 0.497 e. The van der Waals surface area contributed by atoms with Crippen molar-refractivity contribution in [2.45, 2.75) is 19.0 Å². The Kier molecular flexibility index (Phi) is 6.60. The second-order valence-corrected chi connectivity index (χ2v) is 8.27. The number of nitrogens with zero attached hydrogens (tertiary/aromatic N) is 2. The number of nitrogens with one attached hydrogen (secondary N) is 2. The number of rotatable bonds is 6. The molecule has 1 aliphatic heterocycles. The van der Waals surface area contributed by atoms with E-state index in [0.717, 1.165) is 17.8 Å². The van der Waals surface area contributed by atoms with Crippen molar-refractivity contribution in [3.05, 3.63) is 64.2 Å². The fourth-order valence-electron chi connectivity index (χ4n) is 3.47. The number of aromatic nitrogens is 2. The van der Waals surface area contributed by atoms with E-state index in [-0.39, 0.29) is 33.4 Å². The van der Waals surface area contributed by atoms with E-state index in [4.69, 9.17) is 4.74 Å². The summed E-state index contributed by atoms with van der Waals surface area (Å²) >= 11 is 0.818. The second kappa shape index (κ2) is 9.45. The lowest BCUT2D eigenvalue weighted by Gasteiger charge is -2.17. The van der Waals surface area contributed by atoms with Gasteiger partial charge in [0.25, 0.3) is 12.3 Å². The Hall–Kier alpha value is -3.41. The highest BCUT2D eigenvalue weighted by atomic mass is 32.2. The van der Waals surface area contributed by atoms with Crippen LogP contribution in [-0.4, -0.2) is 41.4 Å². The van der Waals surface area contributed by atoms with Crippen LogP contribution in [-0.2, 0) is 17.4 Å². The van der Waals surface area contributed by atoms with E-state index in [0.29, 0.717) is 16.5 Å². The molecule has 2 heterocycles. The Labute approximate surface area is 194 Å². The Morgan fingerprint density at radius 1 is 1.21 bits per heavy atom. The zero-order valence-electron chi connectivity index (χ0n) is 17.5. The number of amidine groups is 1. The smallest absolute Gasteiger partial charge is 0.416 e. The third kappa shape index (κ3) is 5.06. The van der Waals surface area contributed by atoms with Gasteiger partial charge in [-0.1, -0.05) is 12.1 Å². The maximum atomic E-state index is 13.8. The molecule has 4 rings (SSSR count). The van der Waals surface area contributed by atoms with E-state index in [9.17, 15) is 26.7 Å². The van der Waals surface area contributed by atoms with Crippen LogP contribution in [0.25, 0.3) is 16.5 Å². The molecule has 0 atom stereocenters. The number of aromatic amines is 1. The second-order valence-electron chi connectivity index (χ2n) is 7.27. The number of H-pyrrole nitrogens is 1. The van der Waals surface area contributed by atoms with Crippen LogP contribution in [0.15, 0.2) is 52.5 Å². The van der Waals surface area contributed by atoms with Gasteiger partial charge in [0.1, 0.15) is 5.75 Å². The number of hydrogen-bond acceptors (Lipinski definition) is 5. The molecule has 12 heteroatoms. The maximum Gasteiger partial charge on any atom is 0.416 e. The molecular formula is C22H17F5N4O2S. The summed E-state index contributed by atoms with van der Waals surface area (Å²) in [5, 5.41) is 9.76. The molecule has 0 radical (unpaired) electrons. The average Bonchev–Trinajstić information content (AvgIpc) is 3.41. The minimum absolute atomic E-state index is 0.0343. The lowest BCUT2D eigenvalue weighted by atomic mass is 9.93. The Bertz CT molecular complexity index is 1300. The molecule has 0 spiro atoms. The molecule has 1 aliphatic rings. The lowest BCUT2D eigenvalue weighted by Crippen LogP contribution is -2.25. The number of methoxy groups -OCH3 is 1. The molecule has 0 bridgehead atoms. The van der Waals surface area contributed by atoms with Gasteiger partial charge in [0, 0.05) is 5.39 Å². The number of hydrogen-bond donors (Lipinski definition) is 2. The van der Waals surface area contributed by atoms with Crippen molar-refractivity contribution in [1.29, 1.82) is 0 Å². The van der Waals surface area contributed by atoms with Gasteiger partial charge >= 0.3 is 6.18 Å². The number of fused-ring (bicyclic) bond motifs is 1. The van der Waals surface area contributed by atoms with Crippen molar-refractivity contribution in [3.63, 3.8) is 0 Å². The molecule has 0 aliphatic carbocycles. The van der Waals surface area contributed by atoms with E-state index >= 15 is 0 Å². The average molecular weight is 496 g/mol. The predicted octanol–water partition coefficient (Wildman–Crippen LogP) is 5.03. The quantitative estimate of drug-likeness (QED) is 0.370. The standard InChI is InChI=1S/C22H17F5N4O2S/c1-33-14-4-2-12(16(8-14)22(25,26)27)7-15(11-3-5-17-13(6-11)9-29-31-17)19-20(32)30-21(34-19)28-10-18(23)24/h2-6,8-9,18H,7,10H2,1H3,(H,29,31)(H,28,30,32). The molecular weight excluding hydrogens is 479 g/mol. The first-order valence-electron chi connectivity index (χ1n) is 9.89. The molecule has 2 aromatic carbocycles. The number of aliphatic imine (C=N–C) groups is 1. The van der Waals surface area contributed by atoms with Crippen LogP contribution in [0.2, 0.25) is 0 Å². The Morgan fingerprint density at radius 2 is 2.00 bits per heavy atom. The number of alkyl halides is 5. The highest BCUT2D eigenvalue weighted by Crippen LogP contribution is 2.40. The zero-order chi connectivity index (χ0) is 24.5. The molecule has 2 N–H and O–H groups in total. The molecule has 0 unspecified atom stereocenters. The third-order valence-electron chi connectivity index (χ3n) is 5.06. The number of carbonyl (C=O) groups excluding carboxylic acids is 1. The van der Waals surface area contributed by atoms with Crippen LogP contribution >= 0.6 is 11.8 Å². The van der Waals surface area contributed by atoms with Crippen LogP contribution in [0.1, 0.15) is 16.7 Å². The number of allylic oxidation sites excluding steroid dienone is 1. The first kappa shape index (κ1) is 23.7. The Morgan fingerprint density at radius 3 is 2.71 bits per heavy atom. The van der Waals surface area contributed by atoms with Gasteiger partial charge in [0.15, 0.2) is 5.17 Å². The van der Waals surface area contributed by atoms with E-state index < -0.39 is 30.6 Å². The summed E-state index contributed by atoms with van der Waals surface area (Å²) in [6.07, 6.45) is -6.04. The molecule has 1 aromatic heterocycles. The van der Waals surface area contributed by atoms with Crippen LogP contribution in [0, 0.1) is 0 Å². The van der Waals surface area contributed by atoms with Crippen LogP contribution < -0.4 is 10.1 Å². The maximum absolute atomic E-state index is 13.8. The molecule has 0 saturated carbocycles. The van der Waals surface area contributed by atoms with Crippen molar-refractivity contribution in [2.24, 2.45) is 4.99 Å². The molecule has 0 fully saturated rings. The van der Waals surface area contributed by atoms with Gasteiger partial charge in [0.2, 0.25) is 0 Å². The van der Waals surface area contributed by atoms with Gasteiger partial charge < -0.3 is 10.1 Å². The van der Waals surface area contributed by atoms with Gasteiger partial charge in [-0.25, -0.2) is 8.78 Å². The molecule has 6 nitrogen and oxygen atoms in total. The SMILES string of the molecule is COc1ccc(CC(=C2SC(NCC(F)F)=NC2=O)c2ccc3[nH]ncc3c2)c(C(F)(F)F)c1. The first-order valence-corrected chi connectivity index (χ1v) is 10.7. The number of halogens is 5. The number of ether oxygens (including phenoxy) is 1. The van der Waals surface area contributed by atoms with Gasteiger partial charge in [0.05, 0.1) is 35.8 Å². The van der Waals surface area contributed by atoms with E-state index in [1.54, 1.807) is 24.4 Å². The van der Waals surface area contributed by atoms with Crippen LogP contribution in [0.3, 0.4) is 0 Å². The molecule has 1 amide bonds. The first-order chi connectivity index (χ1) is 16.2. The van der Waals surface area contributed by atoms with Crippen molar-refractivity contribution in [3.8, 4) is 5.75 Å². The molecule has 3 aromatic rings. The predicted molar refractivity (Wildman–Crippen MR) is 119 cm³/mol. The van der Waals surface area contributed by atoms with Crippen LogP contribution in [0.4, 0.5) is 22.0 Å². The van der Waals surface area contributed by atoms with Crippen molar-refractivity contribution in [2.75, 3.05) is 13.7 Å². The normalized spacial score (nSPS) is 15.7. The van der Waals surface area contributed by atoms with Gasteiger partial charge in [-0.2, -0.15) is 23.3 Å². The highest BCUT2D eigenvalue weighted by molar-refractivity contribution is 8.18. The van der Waals surface area contributed by atoms with Gasteiger partial charge in [-0.3, -0.25) is 9.89 Å². The molecule has 178 valence electrons. The Balaban J connectivity index is 1.80. The van der Waals surface area contributed by atoms with E-state index in [1.165, 1.54) is 19.2 Å². The van der Waals surface area contributed by atoms with Crippen LogP contribution in [0.5, 0.6) is 5.75 Å². The fraction of sp³-hybridized carbons (Fsp3) is 0.227. The summed E-state index contributed by atoms with van der Waals surface area (Å²) in [6.45, 7) is -0.709. The van der Waals surface area contributed by atoms with Crippen molar-refractivity contribution >= 4 is 39.3 Å². The molecule has 34 heavy (non-hydrogen) atoms. The topological polar surface area (TPSA) is 79.4 Å². The summed E-state index contributed by atoms with van der Waals surface area (Å²) in [5.74, 6) is -0.677. The van der Waals surface area contributed by atoms with E-state index in [2.05, 4.69) is 20.5 Å². The summed E-state index contributed by atoms with van der Waals surface area (Å²) in [6, 6.07) is 8.63. The van der Waals surface area contributed by atoms with Gasteiger partial charge in [-0.05, 0) is 59.1 Å². The minimum Gasteiger partial charge on any atom is -0.497 e. The monoisotopic (exact) mass is 496 g/mol. The summed E-state index contributed by atoms with van der Waals surface area (Å²) < 4.78 is 71.6. The number of thioether (sulfide) groups is 1. The zero-order valence-corrected chi connectivity index (χ0v) is 18.4. The summed E-state index contributed by atoms with van der Waals surface area (Å²) in [7, 11) is 1.27. The number of carbonyl (C=O) groups is 1. The third-order valence-corrected chi connectivity index (χ3v) is 6.11. The fourth-order valence-corrected chi connectivity index (χ4v) is 4.40. The number of amides is 1. The van der Waals surface area contributed by atoms with E-state index in [1.807, 2.05) is 0 Å². The lowest BCUT2D eigenvalue weighted by molar-refractivity contribution is -0.138. The van der Waals surface area contributed by atoms with Crippen molar-refractivity contribution < 1.29 is 31.5 Å². The highest BCUT2D eigenvalue weighted by Gasteiger charge is 2.35. The number of benzene rings is 2. The summed E-state index contributed by atoms with van der Waals surface area (Å²) in [4.78, 5) is 16.5.